The Balaban J connectivity index is 1.42. The summed E-state index contributed by atoms with van der Waals surface area (Å²) in [6, 6.07) is 6.91. The molecule has 0 saturated carbocycles. The maximum atomic E-state index is 6.13. The van der Waals surface area contributed by atoms with Gasteiger partial charge in [-0.1, -0.05) is 11.6 Å². The van der Waals surface area contributed by atoms with Crippen molar-refractivity contribution < 1.29 is 18.9 Å². The van der Waals surface area contributed by atoms with Crippen molar-refractivity contribution in [2.45, 2.75) is 19.3 Å². The summed E-state index contributed by atoms with van der Waals surface area (Å²) in [5, 5.41) is 1.03. The van der Waals surface area contributed by atoms with Gasteiger partial charge in [-0.05, 0) is 44.5 Å². The van der Waals surface area contributed by atoms with E-state index in [0.717, 1.165) is 13.0 Å². The van der Waals surface area contributed by atoms with E-state index in [9.17, 15) is 0 Å². The first-order valence-corrected chi connectivity index (χ1v) is 11.2. The Kier molecular flexibility index (Phi) is 6.05. The fourth-order valence-corrected chi connectivity index (χ4v) is 4.20. The second kappa shape index (κ2) is 9.26. The molecule has 0 bridgehead atoms. The van der Waals surface area contributed by atoms with Gasteiger partial charge in [-0.2, -0.15) is 0 Å². The summed E-state index contributed by atoms with van der Waals surface area (Å²) < 4.78 is 24.0. The molecule has 0 spiro atoms. The molecule has 2 N–H and O–H groups in total. The van der Waals surface area contributed by atoms with Crippen molar-refractivity contribution in [1.82, 2.24) is 14.9 Å². The second-order valence-electron chi connectivity index (χ2n) is 7.84. The lowest BCUT2D eigenvalue weighted by Crippen LogP contribution is -2.22. The summed E-state index contributed by atoms with van der Waals surface area (Å²) in [5.41, 5.74) is 6.93. The second-order valence-corrected chi connectivity index (χ2v) is 8.25. The molecule has 0 atom stereocenters. The normalized spacial score (nSPS) is 15.8. The number of aromatic nitrogens is 2. The van der Waals surface area contributed by atoms with E-state index in [1.807, 2.05) is 6.07 Å². The number of nitrogens with two attached hydrogens (primary N) is 1. The molecule has 168 valence electrons. The summed E-state index contributed by atoms with van der Waals surface area (Å²) in [6.07, 6.45) is 4.97. The minimum Gasteiger partial charge on any atom is -0.489 e. The average Bonchev–Trinajstić information content (AvgIpc) is 3.33. The van der Waals surface area contributed by atoms with E-state index < -0.39 is 0 Å². The van der Waals surface area contributed by atoms with Gasteiger partial charge in [-0.3, -0.25) is 0 Å². The van der Waals surface area contributed by atoms with Gasteiger partial charge in [0.2, 0.25) is 11.6 Å². The molecule has 9 heteroatoms. The number of rotatable bonds is 7. The zero-order valence-electron chi connectivity index (χ0n) is 17.7. The van der Waals surface area contributed by atoms with Crippen LogP contribution in [0.25, 0.3) is 10.9 Å². The summed E-state index contributed by atoms with van der Waals surface area (Å²) in [5.74, 6) is 2.56. The van der Waals surface area contributed by atoms with Crippen LogP contribution in [0.15, 0.2) is 30.6 Å². The van der Waals surface area contributed by atoms with E-state index >= 15 is 0 Å². The molecule has 1 saturated heterocycles. The Hall–Kier alpha value is -2.97. The van der Waals surface area contributed by atoms with Crippen LogP contribution in [0.2, 0.25) is 5.02 Å². The topological polar surface area (TPSA) is 92.0 Å². The molecule has 3 aromatic rings. The lowest BCUT2D eigenvalue weighted by atomic mass is 10.1. The van der Waals surface area contributed by atoms with Gasteiger partial charge in [0.1, 0.15) is 30.7 Å². The summed E-state index contributed by atoms with van der Waals surface area (Å²) in [4.78, 5) is 11.2. The predicted octanol–water partition coefficient (Wildman–Crippen LogP) is 4.29. The molecule has 1 fully saturated rings. The smallest absolute Gasteiger partial charge is 0.234 e. The average molecular weight is 457 g/mol. The third kappa shape index (κ3) is 4.33. The summed E-state index contributed by atoms with van der Waals surface area (Å²) in [6.45, 7) is 4.86. The Morgan fingerprint density at radius 2 is 1.88 bits per heavy atom. The number of likely N-dealkylation sites (tertiary alicyclic amines) is 1. The minimum atomic E-state index is 0.346. The van der Waals surface area contributed by atoms with E-state index in [4.69, 9.17) is 36.3 Å². The van der Waals surface area contributed by atoms with Crippen LogP contribution in [-0.4, -0.2) is 54.3 Å². The predicted molar refractivity (Wildman–Crippen MR) is 122 cm³/mol. The summed E-state index contributed by atoms with van der Waals surface area (Å²) in [7, 11) is 0. The highest BCUT2D eigenvalue weighted by molar-refractivity contribution is 6.33. The zero-order valence-corrected chi connectivity index (χ0v) is 18.4. The van der Waals surface area contributed by atoms with Gasteiger partial charge in [0.15, 0.2) is 11.5 Å². The molecule has 1 aromatic heterocycles. The fourth-order valence-electron chi connectivity index (χ4n) is 4.03. The third-order valence-electron chi connectivity index (χ3n) is 5.60. The highest BCUT2D eigenvalue weighted by atomic mass is 35.5. The van der Waals surface area contributed by atoms with Crippen molar-refractivity contribution in [3.63, 3.8) is 0 Å². The largest absolute Gasteiger partial charge is 0.489 e. The molecule has 8 nitrogen and oxygen atoms in total. The van der Waals surface area contributed by atoms with E-state index in [1.54, 1.807) is 18.2 Å². The van der Waals surface area contributed by atoms with Gasteiger partial charge in [0.25, 0.3) is 0 Å². The van der Waals surface area contributed by atoms with Crippen molar-refractivity contribution in [3.05, 3.63) is 35.6 Å². The standard InChI is InChI=1S/C23H25ClN4O4/c24-16-12-15(4-5-17(16)25)32-23-20-18(26-14-27-23)13-19(21-22(20)31-11-10-30-21)29-9-3-8-28-6-1-2-7-28/h4-5,12-14H,1-3,6-11,25H2. The SMILES string of the molecule is Nc1ccc(Oc2ncnc3cc(OCCCN4CCCC4)c4c(c23)OCCO4)cc1Cl. The highest BCUT2D eigenvalue weighted by Crippen LogP contribution is 2.48. The molecule has 5 rings (SSSR count). The van der Waals surface area contributed by atoms with E-state index in [-0.39, 0.29) is 0 Å². The molecule has 0 unspecified atom stereocenters. The number of halogens is 1. The maximum Gasteiger partial charge on any atom is 0.234 e. The Morgan fingerprint density at radius 1 is 1.06 bits per heavy atom. The fraction of sp³-hybridized carbons (Fsp3) is 0.391. The van der Waals surface area contributed by atoms with Crippen LogP contribution in [0.4, 0.5) is 5.69 Å². The quantitative estimate of drug-likeness (QED) is 0.415. The van der Waals surface area contributed by atoms with Crippen LogP contribution in [0.5, 0.6) is 28.9 Å². The lowest BCUT2D eigenvalue weighted by Gasteiger charge is -2.23. The summed E-state index contributed by atoms with van der Waals surface area (Å²) >= 11 is 6.13. The first-order valence-electron chi connectivity index (χ1n) is 10.8. The Labute approximate surface area is 191 Å². The van der Waals surface area contributed by atoms with Gasteiger partial charge in [-0.25, -0.2) is 9.97 Å². The van der Waals surface area contributed by atoms with Gasteiger partial charge in [0, 0.05) is 18.7 Å². The zero-order chi connectivity index (χ0) is 21.9. The first kappa shape index (κ1) is 20.9. The molecular weight excluding hydrogens is 432 g/mol. The molecule has 0 radical (unpaired) electrons. The lowest BCUT2D eigenvalue weighted by molar-refractivity contribution is 0.162. The van der Waals surface area contributed by atoms with Crippen molar-refractivity contribution >= 4 is 28.2 Å². The van der Waals surface area contributed by atoms with Crippen LogP contribution >= 0.6 is 11.6 Å². The minimum absolute atomic E-state index is 0.346. The number of nitrogens with zero attached hydrogens (tertiary/aromatic N) is 3. The van der Waals surface area contributed by atoms with Crippen molar-refractivity contribution in [2.24, 2.45) is 0 Å². The van der Waals surface area contributed by atoms with Crippen molar-refractivity contribution in [3.8, 4) is 28.9 Å². The number of hydrogen-bond acceptors (Lipinski definition) is 8. The Bertz CT molecular complexity index is 1120. The van der Waals surface area contributed by atoms with E-state index in [0.29, 0.717) is 70.3 Å². The molecule has 2 aromatic carbocycles. The molecule has 0 aliphatic carbocycles. The molecule has 2 aliphatic rings. The van der Waals surface area contributed by atoms with Crippen LogP contribution in [0.1, 0.15) is 19.3 Å². The number of ether oxygens (including phenoxy) is 4. The molecule has 32 heavy (non-hydrogen) atoms. The molecule has 2 aliphatic heterocycles. The Morgan fingerprint density at radius 3 is 2.69 bits per heavy atom. The van der Waals surface area contributed by atoms with Gasteiger partial charge < -0.3 is 29.6 Å². The first-order chi connectivity index (χ1) is 15.7. The maximum absolute atomic E-state index is 6.13. The van der Waals surface area contributed by atoms with Gasteiger partial charge in [-0.15, -0.1) is 0 Å². The number of anilines is 1. The number of hydrogen-bond donors (Lipinski definition) is 1. The van der Waals surface area contributed by atoms with Crippen LogP contribution in [0, 0.1) is 0 Å². The van der Waals surface area contributed by atoms with Gasteiger partial charge >= 0.3 is 0 Å². The van der Waals surface area contributed by atoms with E-state index in [2.05, 4.69) is 14.9 Å². The van der Waals surface area contributed by atoms with Crippen LogP contribution in [0.3, 0.4) is 0 Å². The molecule has 3 heterocycles. The molecule has 0 amide bonds. The van der Waals surface area contributed by atoms with Crippen LogP contribution in [-0.2, 0) is 0 Å². The van der Waals surface area contributed by atoms with E-state index in [1.165, 1.54) is 32.3 Å². The number of nitrogen functional groups attached to an aromatic ring is 1. The monoisotopic (exact) mass is 456 g/mol. The molecular formula is C23H25ClN4O4. The number of benzene rings is 2. The highest BCUT2D eigenvalue weighted by Gasteiger charge is 2.25. The van der Waals surface area contributed by atoms with Gasteiger partial charge in [0.05, 0.1) is 22.8 Å². The van der Waals surface area contributed by atoms with Crippen molar-refractivity contribution in [2.75, 3.05) is 45.2 Å². The van der Waals surface area contributed by atoms with Crippen LogP contribution < -0.4 is 24.7 Å². The third-order valence-corrected chi connectivity index (χ3v) is 5.93. The number of fused-ring (bicyclic) bond motifs is 3. The van der Waals surface area contributed by atoms with Crippen molar-refractivity contribution in [1.29, 1.82) is 0 Å².